The minimum Gasteiger partial charge on any atom is -0.356 e. The predicted molar refractivity (Wildman–Crippen MR) is 90.1 cm³/mol. The SMILES string of the molecule is O=C(NCCc1ccccc1)C1CCN(c2ncccn2)CC1. The highest BCUT2D eigenvalue weighted by molar-refractivity contribution is 5.78. The zero-order valence-corrected chi connectivity index (χ0v) is 13.2. The number of carbonyl (C=O) groups excluding carboxylic acids is 1. The fourth-order valence-electron chi connectivity index (χ4n) is 2.92. The fourth-order valence-corrected chi connectivity index (χ4v) is 2.92. The van der Waals surface area contributed by atoms with Crippen LogP contribution in [0.1, 0.15) is 18.4 Å². The lowest BCUT2D eigenvalue weighted by Gasteiger charge is -2.31. The average Bonchev–Trinajstić information content (AvgIpc) is 2.63. The predicted octanol–water partition coefficient (Wildman–Crippen LogP) is 2.05. The van der Waals surface area contributed by atoms with Crippen molar-refractivity contribution in [1.82, 2.24) is 15.3 Å². The van der Waals surface area contributed by atoms with Crippen LogP contribution in [0.2, 0.25) is 0 Å². The number of anilines is 1. The van der Waals surface area contributed by atoms with E-state index < -0.39 is 0 Å². The van der Waals surface area contributed by atoms with Gasteiger partial charge in [-0.15, -0.1) is 0 Å². The Labute approximate surface area is 136 Å². The zero-order valence-electron chi connectivity index (χ0n) is 13.2. The first-order valence-corrected chi connectivity index (χ1v) is 8.16. The van der Waals surface area contributed by atoms with Gasteiger partial charge in [-0.3, -0.25) is 4.79 Å². The van der Waals surface area contributed by atoms with Crippen molar-refractivity contribution in [3.8, 4) is 0 Å². The van der Waals surface area contributed by atoms with E-state index in [2.05, 4.69) is 32.3 Å². The van der Waals surface area contributed by atoms with Crippen LogP contribution in [-0.2, 0) is 11.2 Å². The van der Waals surface area contributed by atoms with Crippen molar-refractivity contribution in [3.05, 3.63) is 54.4 Å². The lowest BCUT2D eigenvalue weighted by molar-refractivity contribution is -0.125. The Bertz CT molecular complexity index is 609. The third-order valence-corrected chi connectivity index (χ3v) is 4.26. The van der Waals surface area contributed by atoms with Gasteiger partial charge in [-0.1, -0.05) is 30.3 Å². The lowest BCUT2D eigenvalue weighted by atomic mass is 9.96. The van der Waals surface area contributed by atoms with Crippen LogP contribution in [0.4, 0.5) is 5.95 Å². The largest absolute Gasteiger partial charge is 0.356 e. The summed E-state index contributed by atoms with van der Waals surface area (Å²) in [6, 6.07) is 12.1. The maximum atomic E-state index is 12.3. The molecular weight excluding hydrogens is 288 g/mol. The Morgan fingerprint density at radius 1 is 1.09 bits per heavy atom. The molecule has 0 saturated carbocycles. The molecule has 0 spiro atoms. The van der Waals surface area contributed by atoms with Crippen molar-refractivity contribution < 1.29 is 4.79 Å². The van der Waals surface area contributed by atoms with Gasteiger partial charge in [0.1, 0.15) is 0 Å². The number of hydrogen-bond donors (Lipinski definition) is 1. The smallest absolute Gasteiger partial charge is 0.225 e. The van der Waals surface area contributed by atoms with E-state index in [1.54, 1.807) is 12.4 Å². The van der Waals surface area contributed by atoms with Gasteiger partial charge >= 0.3 is 0 Å². The van der Waals surface area contributed by atoms with Gasteiger partial charge in [0.15, 0.2) is 0 Å². The van der Waals surface area contributed by atoms with Crippen LogP contribution in [0.25, 0.3) is 0 Å². The molecule has 1 aromatic carbocycles. The van der Waals surface area contributed by atoms with Gasteiger partial charge in [0.05, 0.1) is 0 Å². The molecule has 1 aliphatic heterocycles. The first kappa shape index (κ1) is 15.5. The molecule has 0 bridgehead atoms. The molecule has 1 aliphatic rings. The minimum atomic E-state index is 0.103. The molecule has 2 heterocycles. The molecule has 1 N–H and O–H groups in total. The molecule has 1 fully saturated rings. The summed E-state index contributed by atoms with van der Waals surface area (Å²) in [7, 11) is 0. The number of aromatic nitrogens is 2. The van der Waals surface area contributed by atoms with E-state index in [4.69, 9.17) is 0 Å². The molecule has 5 nitrogen and oxygen atoms in total. The zero-order chi connectivity index (χ0) is 15.9. The molecule has 120 valence electrons. The van der Waals surface area contributed by atoms with Crippen molar-refractivity contribution in [2.45, 2.75) is 19.3 Å². The summed E-state index contributed by atoms with van der Waals surface area (Å²) in [5.41, 5.74) is 1.25. The van der Waals surface area contributed by atoms with Crippen molar-refractivity contribution in [2.75, 3.05) is 24.5 Å². The molecule has 0 unspecified atom stereocenters. The highest BCUT2D eigenvalue weighted by atomic mass is 16.1. The van der Waals surface area contributed by atoms with Crippen LogP contribution >= 0.6 is 0 Å². The number of hydrogen-bond acceptors (Lipinski definition) is 4. The molecule has 0 atom stereocenters. The molecule has 0 radical (unpaired) electrons. The number of carbonyl (C=O) groups is 1. The molecule has 1 aromatic heterocycles. The summed E-state index contributed by atoms with van der Waals surface area (Å²) >= 11 is 0. The van der Waals surface area contributed by atoms with Gasteiger partial charge in [-0.2, -0.15) is 0 Å². The molecule has 3 rings (SSSR count). The molecule has 2 aromatic rings. The summed E-state index contributed by atoms with van der Waals surface area (Å²) in [4.78, 5) is 23.0. The minimum absolute atomic E-state index is 0.103. The Balaban J connectivity index is 1.41. The Morgan fingerprint density at radius 2 is 1.78 bits per heavy atom. The third kappa shape index (κ3) is 4.28. The van der Waals surface area contributed by atoms with Crippen LogP contribution in [0.3, 0.4) is 0 Å². The molecule has 5 heteroatoms. The van der Waals surface area contributed by atoms with Crippen LogP contribution < -0.4 is 10.2 Å². The van der Waals surface area contributed by atoms with Crippen LogP contribution in [-0.4, -0.2) is 35.5 Å². The maximum absolute atomic E-state index is 12.3. The van der Waals surface area contributed by atoms with Crippen molar-refractivity contribution >= 4 is 11.9 Å². The standard InChI is InChI=1S/C18H22N4O/c23-17(19-12-7-15-5-2-1-3-6-15)16-8-13-22(14-9-16)18-20-10-4-11-21-18/h1-6,10-11,16H,7-9,12-14H2,(H,19,23). The van der Waals surface area contributed by atoms with E-state index in [1.807, 2.05) is 24.3 Å². The summed E-state index contributed by atoms with van der Waals surface area (Å²) in [6.07, 6.45) is 6.10. The van der Waals surface area contributed by atoms with Gasteiger partial charge < -0.3 is 10.2 Å². The molecule has 1 saturated heterocycles. The van der Waals surface area contributed by atoms with Gasteiger partial charge in [-0.25, -0.2) is 9.97 Å². The monoisotopic (exact) mass is 310 g/mol. The molecule has 1 amide bonds. The van der Waals surface area contributed by atoms with Crippen LogP contribution in [0, 0.1) is 5.92 Å². The second-order valence-electron chi connectivity index (χ2n) is 5.84. The van der Waals surface area contributed by atoms with E-state index in [-0.39, 0.29) is 11.8 Å². The van der Waals surface area contributed by atoms with Crippen LogP contribution in [0.15, 0.2) is 48.8 Å². The van der Waals surface area contributed by atoms with Gasteiger partial charge in [-0.05, 0) is 30.9 Å². The van der Waals surface area contributed by atoms with Crippen molar-refractivity contribution in [1.29, 1.82) is 0 Å². The highest BCUT2D eigenvalue weighted by Gasteiger charge is 2.25. The first-order valence-electron chi connectivity index (χ1n) is 8.16. The number of amides is 1. The first-order chi connectivity index (χ1) is 11.3. The number of piperidine rings is 1. The number of nitrogens with zero attached hydrogens (tertiary/aromatic N) is 3. The Morgan fingerprint density at radius 3 is 2.48 bits per heavy atom. The average molecular weight is 310 g/mol. The Kier molecular flexibility index (Phi) is 5.19. The quantitative estimate of drug-likeness (QED) is 0.918. The topological polar surface area (TPSA) is 58.1 Å². The van der Waals surface area contributed by atoms with E-state index >= 15 is 0 Å². The van der Waals surface area contributed by atoms with E-state index in [1.165, 1.54) is 5.56 Å². The van der Waals surface area contributed by atoms with Crippen LogP contribution in [0.5, 0.6) is 0 Å². The second-order valence-corrected chi connectivity index (χ2v) is 5.84. The summed E-state index contributed by atoms with van der Waals surface area (Å²) in [6.45, 7) is 2.37. The summed E-state index contributed by atoms with van der Waals surface area (Å²) in [5, 5.41) is 3.07. The van der Waals surface area contributed by atoms with Crippen molar-refractivity contribution in [2.24, 2.45) is 5.92 Å². The van der Waals surface area contributed by atoms with Gasteiger partial charge in [0.2, 0.25) is 11.9 Å². The number of benzene rings is 1. The van der Waals surface area contributed by atoms with E-state index in [9.17, 15) is 4.79 Å². The maximum Gasteiger partial charge on any atom is 0.225 e. The fraction of sp³-hybridized carbons (Fsp3) is 0.389. The molecule has 0 aliphatic carbocycles. The second kappa shape index (κ2) is 7.72. The summed E-state index contributed by atoms with van der Waals surface area (Å²) < 4.78 is 0. The summed E-state index contributed by atoms with van der Waals surface area (Å²) in [5.74, 6) is 1.04. The van der Waals surface area contributed by atoms with E-state index in [0.29, 0.717) is 6.54 Å². The van der Waals surface area contributed by atoms with E-state index in [0.717, 1.165) is 38.3 Å². The number of nitrogens with one attached hydrogen (secondary N) is 1. The number of rotatable bonds is 5. The third-order valence-electron chi connectivity index (χ3n) is 4.26. The van der Waals surface area contributed by atoms with Gasteiger partial charge in [0, 0.05) is 37.9 Å². The normalized spacial score (nSPS) is 15.4. The van der Waals surface area contributed by atoms with Gasteiger partial charge in [0.25, 0.3) is 0 Å². The highest BCUT2D eigenvalue weighted by Crippen LogP contribution is 2.20. The molecular formula is C18H22N4O. The van der Waals surface area contributed by atoms with Crippen molar-refractivity contribution in [3.63, 3.8) is 0 Å². The lowest BCUT2D eigenvalue weighted by Crippen LogP contribution is -2.41. The Hall–Kier alpha value is -2.43. The molecule has 23 heavy (non-hydrogen) atoms.